The zero-order chi connectivity index (χ0) is 22.9. The second-order valence-electron chi connectivity index (χ2n) is 7.17. The van der Waals surface area contributed by atoms with Gasteiger partial charge < -0.3 is 10.6 Å². The molecule has 0 saturated carbocycles. The summed E-state index contributed by atoms with van der Waals surface area (Å²) in [6, 6.07) is 24.3. The van der Waals surface area contributed by atoms with Crippen molar-refractivity contribution < 1.29 is 9.59 Å². The number of carbonyl (C=O) groups is 2. The highest BCUT2D eigenvalue weighted by Gasteiger charge is 2.17. The standard InChI is InChI=1S/C25H22ClN3O2S/c1-17-6-5-9-19(12-17)28-24(30)15-32-16-25(31)29-20-10-11-21(23(26)13-20)22(14-27)18-7-3-2-4-8-18/h2-13,22H,15-16H2,1H3,(H,28,30)(H,29,31). The fourth-order valence-corrected chi connectivity index (χ4v) is 4.07. The molecule has 0 heterocycles. The molecule has 0 aliphatic carbocycles. The minimum Gasteiger partial charge on any atom is -0.325 e. The smallest absolute Gasteiger partial charge is 0.234 e. The monoisotopic (exact) mass is 463 g/mol. The molecule has 3 rings (SSSR count). The molecule has 0 saturated heterocycles. The van der Waals surface area contributed by atoms with Gasteiger partial charge in [-0.05, 0) is 47.9 Å². The van der Waals surface area contributed by atoms with Crippen molar-refractivity contribution >= 4 is 46.6 Å². The van der Waals surface area contributed by atoms with Crippen molar-refractivity contribution in [3.05, 3.63) is 94.5 Å². The second kappa shape index (κ2) is 11.4. The average molecular weight is 464 g/mol. The van der Waals surface area contributed by atoms with Crippen LogP contribution in [0.4, 0.5) is 11.4 Å². The summed E-state index contributed by atoms with van der Waals surface area (Å²) in [7, 11) is 0. The second-order valence-corrected chi connectivity index (χ2v) is 8.56. The van der Waals surface area contributed by atoms with E-state index in [0.717, 1.165) is 16.8 Å². The fourth-order valence-electron chi connectivity index (χ4n) is 3.16. The van der Waals surface area contributed by atoms with E-state index in [9.17, 15) is 14.9 Å². The van der Waals surface area contributed by atoms with Gasteiger partial charge in [-0.2, -0.15) is 5.26 Å². The van der Waals surface area contributed by atoms with Crippen LogP contribution < -0.4 is 10.6 Å². The molecule has 2 N–H and O–H groups in total. The number of anilines is 2. The first-order valence-corrected chi connectivity index (χ1v) is 11.5. The van der Waals surface area contributed by atoms with Gasteiger partial charge in [-0.25, -0.2) is 0 Å². The highest BCUT2D eigenvalue weighted by Crippen LogP contribution is 2.31. The first-order chi connectivity index (χ1) is 15.5. The van der Waals surface area contributed by atoms with E-state index in [1.54, 1.807) is 18.2 Å². The van der Waals surface area contributed by atoms with Crippen LogP contribution in [0.1, 0.15) is 22.6 Å². The molecule has 0 fully saturated rings. The Balaban J connectivity index is 1.51. The number of benzene rings is 3. The summed E-state index contributed by atoms with van der Waals surface area (Å²) in [5, 5.41) is 15.6. The zero-order valence-electron chi connectivity index (χ0n) is 17.5. The van der Waals surface area contributed by atoms with E-state index in [1.165, 1.54) is 11.8 Å². The predicted octanol–water partition coefficient (Wildman–Crippen LogP) is 5.61. The quantitative estimate of drug-likeness (QED) is 0.454. The average Bonchev–Trinajstić information content (AvgIpc) is 2.76. The van der Waals surface area contributed by atoms with Crippen LogP contribution in [0, 0.1) is 18.3 Å². The molecule has 162 valence electrons. The molecule has 2 amide bonds. The maximum absolute atomic E-state index is 12.2. The Morgan fingerprint density at radius 1 is 0.938 bits per heavy atom. The highest BCUT2D eigenvalue weighted by molar-refractivity contribution is 8.00. The third-order valence-electron chi connectivity index (χ3n) is 4.63. The van der Waals surface area contributed by atoms with Crippen LogP contribution in [0.2, 0.25) is 5.02 Å². The van der Waals surface area contributed by atoms with Crippen LogP contribution in [-0.2, 0) is 9.59 Å². The van der Waals surface area contributed by atoms with E-state index in [1.807, 2.05) is 61.5 Å². The Morgan fingerprint density at radius 3 is 2.19 bits per heavy atom. The lowest BCUT2D eigenvalue weighted by atomic mass is 9.92. The molecule has 1 atom stereocenters. The van der Waals surface area contributed by atoms with Crippen molar-refractivity contribution in [2.75, 3.05) is 22.1 Å². The normalized spacial score (nSPS) is 11.3. The molecule has 0 bridgehead atoms. The molecule has 5 nitrogen and oxygen atoms in total. The molecular formula is C25H22ClN3O2S. The van der Waals surface area contributed by atoms with Crippen LogP contribution in [0.5, 0.6) is 0 Å². The van der Waals surface area contributed by atoms with Crippen LogP contribution in [0.25, 0.3) is 0 Å². The third kappa shape index (κ3) is 6.61. The van der Waals surface area contributed by atoms with Gasteiger partial charge >= 0.3 is 0 Å². The number of nitriles is 1. The summed E-state index contributed by atoms with van der Waals surface area (Å²) in [4.78, 5) is 24.3. The van der Waals surface area contributed by atoms with E-state index in [0.29, 0.717) is 16.3 Å². The molecule has 32 heavy (non-hydrogen) atoms. The number of nitrogens with one attached hydrogen (secondary N) is 2. The number of halogens is 1. The number of hydrogen-bond acceptors (Lipinski definition) is 4. The fraction of sp³-hybridized carbons (Fsp3) is 0.160. The number of hydrogen-bond donors (Lipinski definition) is 2. The molecule has 0 radical (unpaired) electrons. The Hall–Kier alpha value is -3.27. The number of thioether (sulfide) groups is 1. The van der Waals surface area contributed by atoms with E-state index in [2.05, 4.69) is 16.7 Å². The Bertz CT molecular complexity index is 1150. The van der Waals surface area contributed by atoms with Crippen molar-refractivity contribution in [2.24, 2.45) is 0 Å². The third-order valence-corrected chi connectivity index (χ3v) is 5.89. The van der Waals surface area contributed by atoms with E-state index in [4.69, 9.17) is 11.6 Å². The molecular weight excluding hydrogens is 442 g/mol. The maximum Gasteiger partial charge on any atom is 0.234 e. The topological polar surface area (TPSA) is 82.0 Å². The number of nitrogens with zero attached hydrogens (tertiary/aromatic N) is 1. The lowest BCUT2D eigenvalue weighted by Gasteiger charge is -2.13. The molecule has 3 aromatic carbocycles. The highest BCUT2D eigenvalue weighted by atomic mass is 35.5. The molecule has 0 spiro atoms. The predicted molar refractivity (Wildman–Crippen MR) is 131 cm³/mol. The summed E-state index contributed by atoms with van der Waals surface area (Å²) in [6.45, 7) is 1.95. The van der Waals surface area contributed by atoms with Gasteiger partial charge in [0.1, 0.15) is 0 Å². The number of carbonyl (C=O) groups excluding carboxylic acids is 2. The Kier molecular flexibility index (Phi) is 8.32. The first-order valence-electron chi connectivity index (χ1n) is 9.94. The Morgan fingerprint density at radius 2 is 1.59 bits per heavy atom. The summed E-state index contributed by atoms with van der Waals surface area (Å²) in [5.74, 6) is -0.588. The first kappa shape index (κ1) is 23.4. The van der Waals surface area contributed by atoms with Gasteiger partial charge in [-0.3, -0.25) is 9.59 Å². The zero-order valence-corrected chi connectivity index (χ0v) is 19.0. The molecule has 0 aliphatic heterocycles. The SMILES string of the molecule is Cc1cccc(NC(=O)CSCC(=O)Nc2ccc(C(C#N)c3ccccc3)c(Cl)c2)c1. The summed E-state index contributed by atoms with van der Waals surface area (Å²) in [6.07, 6.45) is 0. The van der Waals surface area contributed by atoms with Crippen molar-refractivity contribution in [2.45, 2.75) is 12.8 Å². The number of amides is 2. The van der Waals surface area contributed by atoms with Crippen molar-refractivity contribution in [1.29, 1.82) is 5.26 Å². The maximum atomic E-state index is 12.2. The van der Waals surface area contributed by atoms with Crippen molar-refractivity contribution in [3.63, 3.8) is 0 Å². The van der Waals surface area contributed by atoms with Gasteiger partial charge in [-0.1, -0.05) is 60.1 Å². The van der Waals surface area contributed by atoms with Gasteiger partial charge in [0.25, 0.3) is 0 Å². The van der Waals surface area contributed by atoms with Crippen LogP contribution in [0.15, 0.2) is 72.8 Å². The summed E-state index contributed by atoms with van der Waals surface area (Å²) >= 11 is 7.63. The van der Waals surface area contributed by atoms with Crippen LogP contribution in [0.3, 0.4) is 0 Å². The number of aryl methyl sites for hydroxylation is 1. The van der Waals surface area contributed by atoms with Crippen molar-refractivity contribution in [1.82, 2.24) is 0 Å². The van der Waals surface area contributed by atoms with Crippen molar-refractivity contribution in [3.8, 4) is 6.07 Å². The van der Waals surface area contributed by atoms with Gasteiger partial charge in [0.05, 0.1) is 23.5 Å². The molecule has 3 aromatic rings. The van der Waals surface area contributed by atoms with Crippen LogP contribution >= 0.6 is 23.4 Å². The summed E-state index contributed by atoms with van der Waals surface area (Å²) < 4.78 is 0. The van der Waals surface area contributed by atoms with Crippen LogP contribution in [-0.4, -0.2) is 23.3 Å². The molecule has 7 heteroatoms. The van der Waals surface area contributed by atoms with E-state index < -0.39 is 5.92 Å². The lowest BCUT2D eigenvalue weighted by Crippen LogP contribution is -2.18. The molecule has 0 aromatic heterocycles. The molecule has 1 unspecified atom stereocenters. The van der Waals surface area contributed by atoms with E-state index >= 15 is 0 Å². The lowest BCUT2D eigenvalue weighted by molar-refractivity contribution is -0.114. The minimum atomic E-state index is -0.490. The van der Waals surface area contributed by atoms with Gasteiger partial charge in [-0.15, -0.1) is 11.8 Å². The van der Waals surface area contributed by atoms with E-state index in [-0.39, 0.29) is 23.3 Å². The van der Waals surface area contributed by atoms with Gasteiger partial charge in [0.2, 0.25) is 11.8 Å². The summed E-state index contributed by atoms with van der Waals surface area (Å²) in [5.41, 5.74) is 3.87. The minimum absolute atomic E-state index is 0.130. The van der Waals surface area contributed by atoms with Gasteiger partial charge in [0.15, 0.2) is 0 Å². The Labute approximate surface area is 196 Å². The number of rotatable bonds is 8. The van der Waals surface area contributed by atoms with Gasteiger partial charge in [0, 0.05) is 16.4 Å². The molecule has 0 aliphatic rings. The largest absolute Gasteiger partial charge is 0.325 e.